The summed E-state index contributed by atoms with van der Waals surface area (Å²) in [4.78, 5) is 2.57. The van der Waals surface area contributed by atoms with E-state index in [0.29, 0.717) is 12.1 Å². The van der Waals surface area contributed by atoms with E-state index in [4.69, 9.17) is 4.74 Å². The summed E-state index contributed by atoms with van der Waals surface area (Å²) < 4.78 is 5.90. The van der Waals surface area contributed by atoms with Crippen molar-refractivity contribution < 1.29 is 9.84 Å². The van der Waals surface area contributed by atoms with Crippen LogP contribution in [0.4, 0.5) is 0 Å². The summed E-state index contributed by atoms with van der Waals surface area (Å²) in [6.45, 7) is 4.82. The standard InChI is InChI=1S/C14H26N2O2/c17-14(5-1-2-6-14)11-15-8-13-9-16-7-3-4-12(16)10-18-13/h12-13,15,17H,1-11H2. The molecule has 3 aliphatic rings. The molecule has 2 atom stereocenters. The van der Waals surface area contributed by atoms with E-state index >= 15 is 0 Å². The number of nitrogens with one attached hydrogen (secondary N) is 1. The Morgan fingerprint density at radius 2 is 2.11 bits per heavy atom. The van der Waals surface area contributed by atoms with Crippen LogP contribution in [0, 0.1) is 0 Å². The van der Waals surface area contributed by atoms with Gasteiger partial charge in [-0.2, -0.15) is 0 Å². The second-order valence-corrected chi connectivity index (χ2v) is 6.31. The third kappa shape index (κ3) is 2.87. The van der Waals surface area contributed by atoms with Crippen LogP contribution in [0.15, 0.2) is 0 Å². The van der Waals surface area contributed by atoms with E-state index < -0.39 is 5.60 Å². The van der Waals surface area contributed by atoms with Crippen LogP contribution in [0.3, 0.4) is 0 Å². The zero-order valence-corrected chi connectivity index (χ0v) is 11.2. The lowest BCUT2D eigenvalue weighted by atomic mass is 10.0. The van der Waals surface area contributed by atoms with Crippen LogP contribution in [-0.2, 0) is 4.74 Å². The predicted octanol–water partition coefficient (Wildman–Crippen LogP) is 0.744. The third-order valence-corrected chi connectivity index (χ3v) is 4.82. The topological polar surface area (TPSA) is 44.7 Å². The lowest BCUT2D eigenvalue weighted by Crippen LogP contribution is -2.50. The van der Waals surface area contributed by atoms with Gasteiger partial charge in [0.15, 0.2) is 0 Å². The summed E-state index contributed by atoms with van der Waals surface area (Å²) in [6, 6.07) is 0.681. The van der Waals surface area contributed by atoms with Gasteiger partial charge in [-0.3, -0.25) is 4.90 Å². The van der Waals surface area contributed by atoms with Crippen LogP contribution >= 0.6 is 0 Å². The van der Waals surface area contributed by atoms with Crippen molar-refractivity contribution in [3.63, 3.8) is 0 Å². The van der Waals surface area contributed by atoms with E-state index in [-0.39, 0.29) is 0 Å². The SMILES string of the molecule is OC1(CNCC2CN3CCCC3CO2)CCCC1. The van der Waals surface area contributed by atoms with E-state index in [9.17, 15) is 5.11 Å². The molecule has 0 aromatic rings. The second-order valence-electron chi connectivity index (χ2n) is 6.31. The molecule has 0 bridgehead atoms. The van der Waals surface area contributed by atoms with Gasteiger partial charge in [-0.1, -0.05) is 12.8 Å². The highest BCUT2D eigenvalue weighted by Gasteiger charge is 2.33. The van der Waals surface area contributed by atoms with Crippen molar-refractivity contribution >= 4 is 0 Å². The van der Waals surface area contributed by atoms with Crippen molar-refractivity contribution in [3.8, 4) is 0 Å². The average molecular weight is 254 g/mol. The molecular weight excluding hydrogens is 228 g/mol. The van der Waals surface area contributed by atoms with Crippen LogP contribution in [-0.4, -0.2) is 60.5 Å². The smallest absolute Gasteiger partial charge is 0.0827 e. The van der Waals surface area contributed by atoms with E-state index in [0.717, 1.165) is 39.1 Å². The number of aliphatic hydroxyl groups is 1. The summed E-state index contributed by atoms with van der Waals surface area (Å²) in [5, 5.41) is 13.7. The molecule has 2 N–H and O–H groups in total. The summed E-state index contributed by atoms with van der Waals surface area (Å²) in [5.74, 6) is 0. The quantitative estimate of drug-likeness (QED) is 0.777. The molecule has 2 saturated heterocycles. The Bertz CT molecular complexity index is 279. The van der Waals surface area contributed by atoms with Crippen LogP contribution in [0.2, 0.25) is 0 Å². The summed E-state index contributed by atoms with van der Waals surface area (Å²) in [5.41, 5.74) is -0.440. The van der Waals surface area contributed by atoms with E-state index in [1.165, 1.54) is 32.2 Å². The molecule has 2 heterocycles. The Morgan fingerprint density at radius 3 is 2.94 bits per heavy atom. The first-order valence-electron chi connectivity index (χ1n) is 7.54. The van der Waals surface area contributed by atoms with Crippen LogP contribution in [0.5, 0.6) is 0 Å². The van der Waals surface area contributed by atoms with Crippen LogP contribution < -0.4 is 5.32 Å². The van der Waals surface area contributed by atoms with Gasteiger partial charge in [-0.15, -0.1) is 0 Å². The van der Waals surface area contributed by atoms with Crippen LogP contribution in [0.25, 0.3) is 0 Å². The Hall–Kier alpha value is -0.160. The molecule has 0 aromatic heterocycles. The highest BCUT2D eigenvalue weighted by atomic mass is 16.5. The second kappa shape index (κ2) is 5.45. The molecule has 1 saturated carbocycles. The van der Waals surface area contributed by atoms with Crippen molar-refractivity contribution in [1.82, 2.24) is 10.2 Å². The number of hydrogen-bond acceptors (Lipinski definition) is 4. The zero-order chi connectivity index (χ0) is 12.4. The molecular formula is C14H26N2O2. The minimum absolute atomic E-state index is 0.310. The molecule has 1 aliphatic carbocycles. The molecule has 0 amide bonds. The maximum absolute atomic E-state index is 10.3. The van der Waals surface area contributed by atoms with Gasteiger partial charge in [-0.05, 0) is 32.2 Å². The molecule has 18 heavy (non-hydrogen) atoms. The molecule has 2 aliphatic heterocycles. The highest BCUT2D eigenvalue weighted by Crippen LogP contribution is 2.28. The van der Waals surface area contributed by atoms with Gasteiger partial charge in [0.2, 0.25) is 0 Å². The monoisotopic (exact) mass is 254 g/mol. The van der Waals surface area contributed by atoms with Gasteiger partial charge in [0, 0.05) is 25.7 Å². The zero-order valence-electron chi connectivity index (χ0n) is 11.2. The highest BCUT2D eigenvalue weighted by molar-refractivity contribution is 4.89. The molecule has 4 heteroatoms. The molecule has 3 fully saturated rings. The molecule has 0 radical (unpaired) electrons. The Balaban J connectivity index is 1.38. The first-order valence-corrected chi connectivity index (χ1v) is 7.54. The number of morpholine rings is 1. The number of nitrogens with zero attached hydrogens (tertiary/aromatic N) is 1. The number of hydrogen-bond donors (Lipinski definition) is 2. The molecule has 4 nitrogen and oxygen atoms in total. The minimum Gasteiger partial charge on any atom is -0.389 e. The van der Waals surface area contributed by atoms with Crippen molar-refractivity contribution in [2.75, 3.05) is 32.8 Å². The lowest BCUT2D eigenvalue weighted by molar-refractivity contribution is -0.0494. The summed E-state index contributed by atoms with van der Waals surface area (Å²) in [6.07, 6.45) is 7.21. The van der Waals surface area contributed by atoms with Crippen molar-refractivity contribution in [1.29, 1.82) is 0 Å². The Labute approximate surface area is 110 Å². The normalized spacial score (nSPS) is 35.8. The fourth-order valence-electron chi connectivity index (χ4n) is 3.68. The van der Waals surface area contributed by atoms with E-state index in [1.807, 2.05) is 0 Å². The van der Waals surface area contributed by atoms with Gasteiger partial charge in [0.1, 0.15) is 0 Å². The first kappa shape index (κ1) is 12.9. The largest absolute Gasteiger partial charge is 0.389 e. The van der Waals surface area contributed by atoms with Crippen LogP contribution in [0.1, 0.15) is 38.5 Å². The Kier molecular flexibility index (Phi) is 3.89. The van der Waals surface area contributed by atoms with Crippen molar-refractivity contribution in [3.05, 3.63) is 0 Å². The van der Waals surface area contributed by atoms with Gasteiger partial charge in [-0.25, -0.2) is 0 Å². The molecule has 0 aromatic carbocycles. The fourth-order valence-corrected chi connectivity index (χ4v) is 3.68. The van der Waals surface area contributed by atoms with Crippen molar-refractivity contribution in [2.45, 2.75) is 56.3 Å². The number of ether oxygens (including phenoxy) is 1. The molecule has 2 unspecified atom stereocenters. The first-order chi connectivity index (χ1) is 8.75. The van der Waals surface area contributed by atoms with Crippen molar-refractivity contribution in [2.24, 2.45) is 0 Å². The molecule has 0 spiro atoms. The molecule has 3 rings (SSSR count). The van der Waals surface area contributed by atoms with Gasteiger partial charge in [0.25, 0.3) is 0 Å². The summed E-state index contributed by atoms with van der Waals surface area (Å²) >= 11 is 0. The fraction of sp³-hybridized carbons (Fsp3) is 1.00. The minimum atomic E-state index is -0.440. The van der Waals surface area contributed by atoms with E-state index in [2.05, 4.69) is 10.2 Å². The average Bonchev–Trinajstić information content (AvgIpc) is 2.97. The number of fused-ring (bicyclic) bond motifs is 1. The third-order valence-electron chi connectivity index (χ3n) is 4.82. The van der Waals surface area contributed by atoms with E-state index in [1.54, 1.807) is 0 Å². The summed E-state index contributed by atoms with van der Waals surface area (Å²) in [7, 11) is 0. The van der Waals surface area contributed by atoms with Gasteiger partial charge >= 0.3 is 0 Å². The lowest BCUT2D eigenvalue weighted by Gasteiger charge is -2.35. The van der Waals surface area contributed by atoms with Gasteiger partial charge < -0.3 is 15.2 Å². The number of rotatable bonds is 4. The Morgan fingerprint density at radius 1 is 1.28 bits per heavy atom. The maximum Gasteiger partial charge on any atom is 0.0827 e. The molecule has 104 valence electrons. The maximum atomic E-state index is 10.3. The van der Waals surface area contributed by atoms with Gasteiger partial charge in [0.05, 0.1) is 18.3 Å². The predicted molar refractivity (Wildman–Crippen MR) is 70.6 cm³/mol.